The van der Waals surface area contributed by atoms with Crippen molar-refractivity contribution in [1.29, 1.82) is 0 Å². The molecule has 32 heavy (non-hydrogen) atoms. The number of carbonyl (C=O) groups excluding carboxylic acids is 2. The van der Waals surface area contributed by atoms with E-state index in [0.717, 1.165) is 22.3 Å². The van der Waals surface area contributed by atoms with E-state index in [1.54, 1.807) is 12.5 Å². The number of carboxylic acids is 1. The van der Waals surface area contributed by atoms with E-state index in [0.29, 0.717) is 0 Å². The van der Waals surface area contributed by atoms with Crippen molar-refractivity contribution in [2.45, 2.75) is 24.8 Å². The molecule has 0 radical (unpaired) electrons. The van der Waals surface area contributed by atoms with Gasteiger partial charge in [-0.2, -0.15) is 0 Å². The van der Waals surface area contributed by atoms with E-state index >= 15 is 0 Å². The molecule has 0 fully saturated rings. The van der Waals surface area contributed by atoms with Crippen molar-refractivity contribution in [3.05, 3.63) is 70.0 Å². The molecule has 8 heteroatoms. The van der Waals surface area contributed by atoms with Crippen LogP contribution in [0.25, 0.3) is 16.5 Å². The summed E-state index contributed by atoms with van der Waals surface area (Å²) in [5.41, 5.74) is 4.29. The number of benzene rings is 2. The lowest BCUT2D eigenvalue weighted by molar-refractivity contribution is -0.139. The summed E-state index contributed by atoms with van der Waals surface area (Å²) in [4.78, 5) is 36.2. The average molecular weight is 453 g/mol. The predicted molar refractivity (Wildman–Crippen MR) is 125 cm³/mol. The molecule has 0 saturated carbocycles. The van der Waals surface area contributed by atoms with Crippen LogP contribution in [0.4, 0.5) is 4.79 Å². The average Bonchev–Trinajstić information content (AvgIpc) is 3.09. The molecular weight excluding hydrogens is 428 g/mol. The maximum atomic E-state index is 12.3. The molecule has 7 nitrogen and oxygen atoms in total. The second-order valence-electron chi connectivity index (χ2n) is 7.58. The van der Waals surface area contributed by atoms with Gasteiger partial charge in [0, 0.05) is 23.2 Å². The SMILES string of the molecule is C[S+](C)C(=C=[N-])C(=O)CC[C@@H](NC(=O)OCC1c2ccccc2-c2ccccc21)C(=O)O. The third-order valence-electron chi connectivity index (χ3n) is 5.36. The number of fused-ring (bicyclic) bond motifs is 3. The molecule has 1 atom stereocenters. The minimum atomic E-state index is -1.29. The maximum absolute atomic E-state index is 12.3. The largest absolute Gasteiger partial charge is 0.759 e. The van der Waals surface area contributed by atoms with E-state index in [4.69, 9.17) is 10.1 Å². The Bertz CT molecular complexity index is 1050. The number of Topliss-reactive ketones (excluding diaryl/α,β-unsaturated/α-hetero) is 1. The number of carbonyl (C=O) groups is 3. The fourth-order valence-corrected chi connectivity index (χ4v) is 4.55. The zero-order chi connectivity index (χ0) is 23.3. The lowest BCUT2D eigenvalue weighted by Crippen LogP contribution is -2.41. The van der Waals surface area contributed by atoms with Crippen LogP contribution in [0.15, 0.2) is 53.4 Å². The van der Waals surface area contributed by atoms with E-state index in [9.17, 15) is 19.5 Å². The number of ether oxygens (including phenoxy) is 1. The molecule has 0 bridgehead atoms. The van der Waals surface area contributed by atoms with Crippen LogP contribution in [0.2, 0.25) is 0 Å². The van der Waals surface area contributed by atoms with Crippen LogP contribution in [-0.4, -0.2) is 54.0 Å². The number of carboxylic acid groups (broad SMARTS) is 1. The van der Waals surface area contributed by atoms with Crippen LogP contribution < -0.4 is 5.32 Å². The number of aliphatic carboxylic acids is 1. The smallest absolute Gasteiger partial charge is 0.407 e. The Kier molecular flexibility index (Phi) is 7.51. The van der Waals surface area contributed by atoms with Gasteiger partial charge < -0.3 is 20.6 Å². The molecule has 0 heterocycles. The zero-order valence-electron chi connectivity index (χ0n) is 17.8. The second-order valence-corrected chi connectivity index (χ2v) is 9.62. The zero-order valence-corrected chi connectivity index (χ0v) is 18.6. The van der Waals surface area contributed by atoms with Gasteiger partial charge in [0.05, 0.1) is 0 Å². The monoisotopic (exact) mass is 452 g/mol. The van der Waals surface area contributed by atoms with E-state index < -0.39 is 34.8 Å². The highest BCUT2D eigenvalue weighted by Crippen LogP contribution is 2.44. The summed E-state index contributed by atoms with van der Waals surface area (Å²) in [6.07, 6.45) is 2.37. The number of ketones is 1. The molecule has 0 saturated heterocycles. The molecule has 166 valence electrons. The number of nitrogens with one attached hydrogen (secondary N) is 1. The van der Waals surface area contributed by atoms with Crippen LogP contribution in [0.1, 0.15) is 29.9 Å². The van der Waals surface area contributed by atoms with Crippen molar-refractivity contribution < 1.29 is 24.2 Å². The molecular formula is C24H24N2O5S. The third-order valence-corrected chi connectivity index (χ3v) is 6.49. The van der Waals surface area contributed by atoms with Crippen molar-refractivity contribution >= 4 is 34.6 Å². The van der Waals surface area contributed by atoms with Gasteiger partial charge in [-0.1, -0.05) is 48.5 Å². The first-order valence-corrected chi connectivity index (χ1v) is 12.1. The molecule has 1 amide bonds. The van der Waals surface area contributed by atoms with Crippen LogP contribution in [0, 0.1) is 0 Å². The highest BCUT2D eigenvalue weighted by Gasteiger charge is 2.30. The molecule has 2 N–H and O–H groups in total. The van der Waals surface area contributed by atoms with Crippen molar-refractivity contribution in [2.75, 3.05) is 19.1 Å². The topological polar surface area (TPSA) is 115 Å². The molecule has 0 spiro atoms. The second kappa shape index (κ2) is 10.3. The van der Waals surface area contributed by atoms with Crippen LogP contribution >= 0.6 is 0 Å². The molecule has 2 aromatic carbocycles. The van der Waals surface area contributed by atoms with Crippen molar-refractivity contribution in [2.24, 2.45) is 0 Å². The van der Waals surface area contributed by atoms with Gasteiger partial charge in [-0.3, -0.25) is 4.79 Å². The summed E-state index contributed by atoms with van der Waals surface area (Å²) in [5.74, 6) is 0.0736. The Balaban J connectivity index is 1.61. The fraction of sp³-hybridized carbons (Fsp3) is 0.292. The van der Waals surface area contributed by atoms with E-state index in [-0.39, 0.29) is 30.3 Å². The summed E-state index contributed by atoms with van der Waals surface area (Å²) in [6.45, 7) is 0.0615. The number of amides is 1. The minimum Gasteiger partial charge on any atom is -0.759 e. The molecule has 3 rings (SSSR count). The molecule has 1 aliphatic carbocycles. The summed E-state index contributed by atoms with van der Waals surface area (Å²) in [6, 6.07) is 14.5. The Morgan fingerprint density at radius 1 is 1.09 bits per heavy atom. The predicted octanol–water partition coefficient (Wildman–Crippen LogP) is 3.33. The third kappa shape index (κ3) is 5.10. The van der Waals surface area contributed by atoms with Crippen molar-refractivity contribution in [3.8, 4) is 11.1 Å². The maximum Gasteiger partial charge on any atom is 0.407 e. The molecule has 0 aliphatic heterocycles. The number of rotatable bonds is 9. The highest BCUT2D eigenvalue weighted by atomic mass is 32.2. The standard InChI is InChI=1S/C24H24N2O5S/c1-32(2)22(13-25)21(27)12-11-20(23(28)29)26-24(30)31-14-19-17-9-5-3-7-15(17)16-8-4-6-10-18(16)19/h3-10,19-20H,11-12,14H2,1-2H3,(H,26,30)(H,28,29)/t20-/m1/s1. The Morgan fingerprint density at radius 2 is 1.66 bits per heavy atom. The van der Waals surface area contributed by atoms with Crippen LogP contribution in [-0.2, 0) is 25.2 Å². The van der Waals surface area contributed by atoms with Crippen molar-refractivity contribution in [3.63, 3.8) is 0 Å². The number of alkyl carbamates (subject to hydrolysis) is 1. The van der Waals surface area contributed by atoms with Crippen molar-refractivity contribution in [1.82, 2.24) is 5.32 Å². The number of allylic oxidation sites excluding steroid dienone is 1. The van der Waals surface area contributed by atoms with E-state index in [2.05, 4.69) is 5.32 Å². The summed E-state index contributed by atoms with van der Waals surface area (Å²) < 4.78 is 5.38. The minimum absolute atomic E-state index is 0.0615. The first-order chi connectivity index (χ1) is 15.3. The molecule has 2 aromatic rings. The quantitative estimate of drug-likeness (QED) is 0.344. The van der Waals surface area contributed by atoms with Gasteiger partial charge in [0.1, 0.15) is 25.2 Å². The number of hydrogen-bond acceptors (Lipinski definition) is 4. The van der Waals surface area contributed by atoms with Gasteiger partial charge in [0.15, 0.2) is 0 Å². The fourth-order valence-electron chi connectivity index (χ4n) is 3.81. The van der Waals surface area contributed by atoms with Crippen LogP contribution in [0.3, 0.4) is 0 Å². The van der Waals surface area contributed by atoms with E-state index in [1.807, 2.05) is 54.4 Å². The summed E-state index contributed by atoms with van der Waals surface area (Å²) in [7, 11) is -0.514. The first-order valence-electron chi connectivity index (χ1n) is 10.1. The van der Waals surface area contributed by atoms with Gasteiger partial charge in [0.25, 0.3) is 0 Å². The van der Waals surface area contributed by atoms with Gasteiger partial charge in [-0.05, 0) is 28.7 Å². The summed E-state index contributed by atoms with van der Waals surface area (Å²) in [5, 5.41) is 20.8. The molecule has 0 aromatic heterocycles. The first kappa shape index (κ1) is 23.3. The highest BCUT2D eigenvalue weighted by molar-refractivity contribution is 8.00. The number of hydrogen-bond donors (Lipinski definition) is 2. The van der Waals surface area contributed by atoms with Crippen LogP contribution in [0.5, 0.6) is 0 Å². The van der Waals surface area contributed by atoms with Gasteiger partial charge in [-0.25, -0.2) is 15.5 Å². The Labute approximate surface area is 189 Å². The lowest BCUT2D eigenvalue weighted by atomic mass is 9.98. The van der Waals surface area contributed by atoms with Gasteiger partial charge in [-0.15, -0.1) is 0 Å². The summed E-state index contributed by atoms with van der Waals surface area (Å²) >= 11 is 0. The van der Waals surface area contributed by atoms with E-state index in [1.165, 1.54) is 0 Å². The van der Waals surface area contributed by atoms with Gasteiger partial charge >= 0.3 is 12.1 Å². The molecule has 0 unspecified atom stereocenters. The Morgan fingerprint density at radius 3 is 2.16 bits per heavy atom. The molecule has 1 aliphatic rings. The van der Waals surface area contributed by atoms with Gasteiger partial charge in [0.2, 0.25) is 10.7 Å². The number of nitrogens with zero attached hydrogens (tertiary/aromatic N) is 1. The normalized spacial score (nSPS) is 13.0. The lowest BCUT2D eigenvalue weighted by Gasteiger charge is -2.17. The Hall–Kier alpha value is -3.35.